The van der Waals surface area contributed by atoms with Crippen LogP contribution in [0.2, 0.25) is 0 Å². The summed E-state index contributed by atoms with van der Waals surface area (Å²) >= 11 is 0. The number of rotatable bonds is 6. The summed E-state index contributed by atoms with van der Waals surface area (Å²) in [5.74, 6) is 0. The second-order valence-corrected chi connectivity index (χ2v) is 12.9. The van der Waals surface area contributed by atoms with E-state index in [0.717, 1.165) is 44.6 Å². The summed E-state index contributed by atoms with van der Waals surface area (Å²) in [6, 6.07) is 71.1. The maximum atomic E-state index is 9.45. The lowest BCUT2D eigenvalue weighted by molar-refractivity contribution is 1.18. The number of aromatic nitrogens is 1. The Bertz CT molecular complexity index is 2640. The summed E-state index contributed by atoms with van der Waals surface area (Å²) in [5, 5.41) is 12.0. The minimum atomic E-state index is 0.654. The van der Waals surface area contributed by atoms with E-state index in [0.29, 0.717) is 5.56 Å². The zero-order valence-corrected chi connectivity index (χ0v) is 27.9. The van der Waals surface area contributed by atoms with Gasteiger partial charge in [-0.1, -0.05) is 146 Å². The highest BCUT2D eigenvalue weighted by atomic mass is 15.0. The molecule has 0 saturated carbocycles. The van der Waals surface area contributed by atoms with Crippen molar-refractivity contribution in [2.45, 2.75) is 0 Å². The Morgan fingerprint density at radius 1 is 0.333 bits per heavy atom. The standard InChI is InChI=1S/C49H32N2/c50-33-34-19-21-39(22-20-34)46-31-45(38-13-5-2-6-14-38)47(32-44(46)37-11-3-1-4-12-37)40-25-23-35(24-26-40)36-27-29-41(30-28-36)51-48-17-9-7-15-42(48)43-16-8-10-18-49(43)51/h1-32H. The van der Waals surface area contributed by atoms with E-state index in [-0.39, 0.29) is 0 Å². The SMILES string of the molecule is N#Cc1ccc(-c2cc(-c3ccccc3)c(-c3ccc(-c4ccc(-n5c6ccccc6c6ccccc65)cc4)cc3)cc2-c2ccccc2)cc1. The molecular formula is C49H32N2. The average molecular weight is 649 g/mol. The topological polar surface area (TPSA) is 28.7 Å². The molecule has 8 aromatic carbocycles. The maximum Gasteiger partial charge on any atom is 0.0991 e. The monoisotopic (exact) mass is 648 g/mol. The number of hydrogen-bond donors (Lipinski definition) is 0. The second kappa shape index (κ2) is 12.8. The first-order valence-electron chi connectivity index (χ1n) is 17.2. The average Bonchev–Trinajstić information content (AvgIpc) is 3.56. The molecule has 0 spiro atoms. The van der Waals surface area contributed by atoms with Crippen molar-refractivity contribution >= 4 is 21.8 Å². The van der Waals surface area contributed by atoms with E-state index in [4.69, 9.17) is 0 Å². The Kier molecular flexibility index (Phi) is 7.58. The van der Waals surface area contributed by atoms with Gasteiger partial charge in [0.05, 0.1) is 22.7 Å². The van der Waals surface area contributed by atoms with Crippen molar-refractivity contribution in [1.82, 2.24) is 4.57 Å². The minimum Gasteiger partial charge on any atom is -0.309 e. The molecule has 9 rings (SSSR count). The number of nitrogens with zero attached hydrogens (tertiary/aromatic N) is 2. The fourth-order valence-corrected chi connectivity index (χ4v) is 7.36. The molecule has 0 bridgehead atoms. The fraction of sp³-hybridized carbons (Fsp3) is 0. The van der Waals surface area contributed by atoms with Crippen molar-refractivity contribution in [2.24, 2.45) is 0 Å². The highest BCUT2D eigenvalue weighted by Gasteiger charge is 2.17. The van der Waals surface area contributed by atoms with Gasteiger partial charge in [0.2, 0.25) is 0 Å². The molecule has 51 heavy (non-hydrogen) atoms. The van der Waals surface area contributed by atoms with Crippen molar-refractivity contribution in [3.63, 3.8) is 0 Å². The molecule has 2 heteroatoms. The smallest absolute Gasteiger partial charge is 0.0991 e. The van der Waals surface area contributed by atoms with E-state index < -0.39 is 0 Å². The van der Waals surface area contributed by atoms with Crippen LogP contribution < -0.4 is 0 Å². The molecule has 0 aliphatic heterocycles. The lowest BCUT2D eigenvalue weighted by atomic mass is 9.85. The number of nitriles is 1. The van der Waals surface area contributed by atoms with Crippen LogP contribution in [0.3, 0.4) is 0 Å². The van der Waals surface area contributed by atoms with Crippen LogP contribution in [0.25, 0.3) is 83.1 Å². The van der Waals surface area contributed by atoms with Crippen LogP contribution in [0.1, 0.15) is 5.56 Å². The zero-order chi connectivity index (χ0) is 34.1. The van der Waals surface area contributed by atoms with Gasteiger partial charge in [0.15, 0.2) is 0 Å². The molecular weight excluding hydrogens is 617 g/mol. The maximum absolute atomic E-state index is 9.45. The van der Waals surface area contributed by atoms with Gasteiger partial charge in [0, 0.05) is 16.5 Å². The van der Waals surface area contributed by atoms with Crippen LogP contribution in [0.15, 0.2) is 194 Å². The summed E-state index contributed by atoms with van der Waals surface area (Å²) in [4.78, 5) is 0. The quantitative estimate of drug-likeness (QED) is 0.176. The molecule has 238 valence electrons. The van der Waals surface area contributed by atoms with E-state index in [1.807, 2.05) is 12.1 Å². The number of fused-ring (bicyclic) bond motifs is 3. The molecule has 1 aromatic heterocycles. The van der Waals surface area contributed by atoms with Gasteiger partial charge < -0.3 is 4.57 Å². The highest BCUT2D eigenvalue weighted by molar-refractivity contribution is 6.09. The van der Waals surface area contributed by atoms with E-state index in [1.165, 1.54) is 38.5 Å². The highest BCUT2D eigenvalue weighted by Crippen LogP contribution is 2.42. The number of benzene rings is 8. The van der Waals surface area contributed by atoms with Crippen molar-refractivity contribution in [2.75, 3.05) is 0 Å². The van der Waals surface area contributed by atoms with Gasteiger partial charge in [0.1, 0.15) is 0 Å². The minimum absolute atomic E-state index is 0.654. The van der Waals surface area contributed by atoms with Crippen LogP contribution in [0, 0.1) is 11.3 Å². The number of hydrogen-bond acceptors (Lipinski definition) is 1. The van der Waals surface area contributed by atoms with Crippen molar-refractivity contribution in [3.8, 4) is 67.4 Å². The normalized spacial score (nSPS) is 11.1. The lowest BCUT2D eigenvalue weighted by Gasteiger charge is -2.18. The Labute approximate surface area is 297 Å². The Morgan fingerprint density at radius 2 is 0.686 bits per heavy atom. The summed E-state index contributed by atoms with van der Waals surface area (Å²) in [6.45, 7) is 0. The van der Waals surface area contributed by atoms with Crippen LogP contribution in [0.4, 0.5) is 0 Å². The molecule has 0 saturated heterocycles. The van der Waals surface area contributed by atoms with Crippen LogP contribution in [0.5, 0.6) is 0 Å². The third kappa shape index (κ3) is 5.48. The Morgan fingerprint density at radius 3 is 1.14 bits per heavy atom. The molecule has 0 N–H and O–H groups in total. The number of para-hydroxylation sites is 2. The molecule has 1 heterocycles. The van der Waals surface area contributed by atoms with Crippen LogP contribution in [-0.4, -0.2) is 4.57 Å². The fourth-order valence-electron chi connectivity index (χ4n) is 7.36. The predicted octanol–water partition coefficient (Wildman–Crippen LogP) is 13.0. The summed E-state index contributed by atoms with van der Waals surface area (Å²) < 4.78 is 2.36. The van der Waals surface area contributed by atoms with Crippen molar-refractivity contribution in [3.05, 3.63) is 200 Å². The molecule has 0 unspecified atom stereocenters. The molecule has 2 nitrogen and oxygen atoms in total. The Balaban J connectivity index is 1.13. The summed E-state index contributed by atoms with van der Waals surface area (Å²) in [5.41, 5.74) is 15.7. The van der Waals surface area contributed by atoms with Gasteiger partial charge >= 0.3 is 0 Å². The van der Waals surface area contributed by atoms with Crippen LogP contribution in [-0.2, 0) is 0 Å². The van der Waals surface area contributed by atoms with Crippen molar-refractivity contribution in [1.29, 1.82) is 5.26 Å². The first kappa shape index (κ1) is 30.1. The Hall–Kier alpha value is -6.95. The molecule has 0 amide bonds. The van der Waals surface area contributed by atoms with Gasteiger partial charge in [-0.25, -0.2) is 0 Å². The largest absolute Gasteiger partial charge is 0.309 e. The molecule has 0 atom stereocenters. The van der Waals surface area contributed by atoms with Crippen molar-refractivity contribution < 1.29 is 0 Å². The third-order valence-corrected chi connectivity index (χ3v) is 9.89. The zero-order valence-electron chi connectivity index (χ0n) is 27.9. The first-order valence-corrected chi connectivity index (χ1v) is 17.2. The van der Waals surface area contributed by atoms with E-state index in [9.17, 15) is 5.26 Å². The second-order valence-electron chi connectivity index (χ2n) is 12.9. The van der Waals surface area contributed by atoms with E-state index in [1.54, 1.807) is 0 Å². The van der Waals surface area contributed by atoms with Gasteiger partial charge in [-0.15, -0.1) is 0 Å². The molecule has 0 fully saturated rings. The van der Waals surface area contributed by atoms with Crippen LogP contribution >= 0.6 is 0 Å². The van der Waals surface area contributed by atoms with E-state index in [2.05, 4.69) is 193 Å². The third-order valence-electron chi connectivity index (χ3n) is 9.89. The molecule has 0 aliphatic carbocycles. The molecule has 0 radical (unpaired) electrons. The summed E-state index contributed by atoms with van der Waals surface area (Å²) in [6.07, 6.45) is 0. The first-order chi connectivity index (χ1) is 25.2. The van der Waals surface area contributed by atoms with Gasteiger partial charge in [-0.3, -0.25) is 0 Å². The van der Waals surface area contributed by atoms with E-state index >= 15 is 0 Å². The van der Waals surface area contributed by atoms with Gasteiger partial charge in [0.25, 0.3) is 0 Å². The van der Waals surface area contributed by atoms with Gasteiger partial charge in [-0.2, -0.15) is 5.26 Å². The predicted molar refractivity (Wildman–Crippen MR) is 213 cm³/mol. The summed E-state index contributed by atoms with van der Waals surface area (Å²) in [7, 11) is 0. The van der Waals surface area contributed by atoms with Gasteiger partial charge in [-0.05, 0) is 104 Å². The molecule has 9 aromatic rings. The lowest BCUT2D eigenvalue weighted by Crippen LogP contribution is -1.94. The molecule has 0 aliphatic rings.